The van der Waals surface area contributed by atoms with E-state index in [4.69, 9.17) is 4.42 Å². The van der Waals surface area contributed by atoms with Crippen LogP contribution in [0.15, 0.2) is 16.5 Å². The highest BCUT2D eigenvalue weighted by Gasteiger charge is 2.29. The Morgan fingerprint density at radius 2 is 2.33 bits per heavy atom. The number of hydrogen-bond acceptors (Lipinski definition) is 3. The summed E-state index contributed by atoms with van der Waals surface area (Å²) < 4.78 is 5.50. The molecule has 18 heavy (non-hydrogen) atoms. The van der Waals surface area contributed by atoms with E-state index in [9.17, 15) is 4.79 Å². The van der Waals surface area contributed by atoms with Crippen LogP contribution < -0.4 is 5.32 Å². The summed E-state index contributed by atoms with van der Waals surface area (Å²) in [6, 6.07) is 3.81. The molecule has 1 saturated heterocycles. The quantitative estimate of drug-likeness (QED) is 0.891. The maximum absolute atomic E-state index is 12.3. The lowest BCUT2D eigenvalue weighted by Gasteiger charge is -2.32. The largest absolute Gasteiger partial charge is 0.464 e. The van der Waals surface area contributed by atoms with Gasteiger partial charge in [0.1, 0.15) is 11.5 Å². The van der Waals surface area contributed by atoms with Gasteiger partial charge in [0.25, 0.3) is 0 Å². The van der Waals surface area contributed by atoms with Crippen molar-refractivity contribution in [2.24, 2.45) is 5.92 Å². The third-order valence-electron chi connectivity index (χ3n) is 3.60. The lowest BCUT2D eigenvalue weighted by atomic mass is 9.92. The average molecular weight is 250 g/mol. The minimum atomic E-state index is -0.0418. The Hall–Kier alpha value is -1.29. The molecule has 4 heteroatoms. The highest BCUT2D eigenvalue weighted by Crippen LogP contribution is 2.18. The molecule has 0 aromatic carbocycles. The van der Waals surface area contributed by atoms with Gasteiger partial charge >= 0.3 is 0 Å². The first-order valence-electron chi connectivity index (χ1n) is 6.61. The highest BCUT2D eigenvalue weighted by molar-refractivity contribution is 5.82. The number of nitrogens with zero attached hydrogens (tertiary/aromatic N) is 1. The summed E-state index contributed by atoms with van der Waals surface area (Å²) in [5, 5.41) is 3.32. The number of rotatable bonds is 3. The van der Waals surface area contributed by atoms with Crippen LogP contribution in [-0.2, 0) is 11.3 Å². The van der Waals surface area contributed by atoms with Gasteiger partial charge in [0.05, 0.1) is 12.6 Å². The summed E-state index contributed by atoms with van der Waals surface area (Å²) >= 11 is 0. The molecule has 2 rings (SSSR count). The van der Waals surface area contributed by atoms with Gasteiger partial charge < -0.3 is 14.6 Å². The molecule has 2 unspecified atom stereocenters. The maximum Gasteiger partial charge on any atom is 0.240 e. The number of nitrogens with one attached hydrogen (secondary N) is 1. The molecule has 0 radical (unpaired) electrons. The van der Waals surface area contributed by atoms with Crippen molar-refractivity contribution in [3.05, 3.63) is 23.7 Å². The maximum atomic E-state index is 12.3. The van der Waals surface area contributed by atoms with Crippen LogP contribution >= 0.6 is 0 Å². The molecule has 0 saturated carbocycles. The van der Waals surface area contributed by atoms with Gasteiger partial charge in [-0.25, -0.2) is 0 Å². The Labute approximate surface area is 108 Å². The van der Waals surface area contributed by atoms with Crippen molar-refractivity contribution >= 4 is 5.91 Å². The van der Waals surface area contributed by atoms with Crippen molar-refractivity contribution in [2.45, 2.75) is 39.3 Å². The van der Waals surface area contributed by atoms with E-state index in [-0.39, 0.29) is 11.9 Å². The SMILES string of the molecule is Cc1ccc(CN(C)C(=O)C2NCCCC2C)o1. The summed E-state index contributed by atoms with van der Waals surface area (Å²) in [7, 11) is 1.84. The van der Waals surface area contributed by atoms with E-state index in [1.54, 1.807) is 4.90 Å². The molecule has 2 atom stereocenters. The predicted octanol–water partition coefficient (Wildman–Crippen LogP) is 1.93. The van der Waals surface area contributed by atoms with Crippen LogP contribution in [-0.4, -0.2) is 30.4 Å². The zero-order valence-corrected chi connectivity index (χ0v) is 11.4. The van der Waals surface area contributed by atoms with Crippen LogP contribution in [0, 0.1) is 12.8 Å². The number of hydrogen-bond donors (Lipinski definition) is 1. The second-order valence-corrected chi connectivity index (χ2v) is 5.26. The normalized spacial score (nSPS) is 23.9. The fourth-order valence-electron chi connectivity index (χ4n) is 2.50. The van der Waals surface area contributed by atoms with Crippen LogP contribution in [0.3, 0.4) is 0 Å². The van der Waals surface area contributed by atoms with Crippen molar-refractivity contribution in [2.75, 3.05) is 13.6 Å². The highest BCUT2D eigenvalue weighted by atomic mass is 16.3. The molecule has 1 aliphatic rings. The second kappa shape index (κ2) is 5.57. The predicted molar refractivity (Wildman–Crippen MR) is 70.1 cm³/mol. The van der Waals surface area contributed by atoms with E-state index in [2.05, 4.69) is 12.2 Å². The number of aryl methyl sites for hydroxylation is 1. The molecule has 1 N–H and O–H groups in total. The van der Waals surface area contributed by atoms with E-state index in [1.165, 1.54) is 0 Å². The topological polar surface area (TPSA) is 45.5 Å². The lowest BCUT2D eigenvalue weighted by molar-refractivity contribution is -0.134. The van der Waals surface area contributed by atoms with E-state index >= 15 is 0 Å². The molecule has 0 bridgehead atoms. The van der Waals surface area contributed by atoms with Crippen LogP contribution in [0.5, 0.6) is 0 Å². The number of carbonyl (C=O) groups excluding carboxylic acids is 1. The van der Waals surface area contributed by atoms with Crippen molar-refractivity contribution in [3.8, 4) is 0 Å². The molecule has 1 amide bonds. The lowest BCUT2D eigenvalue weighted by Crippen LogP contribution is -2.51. The van der Waals surface area contributed by atoms with E-state index < -0.39 is 0 Å². The minimum absolute atomic E-state index is 0.0418. The molecule has 0 spiro atoms. The van der Waals surface area contributed by atoms with Gasteiger partial charge in [0.15, 0.2) is 0 Å². The molecule has 1 aromatic rings. The van der Waals surface area contributed by atoms with E-state index in [0.717, 1.165) is 30.9 Å². The van der Waals surface area contributed by atoms with E-state index in [1.807, 2.05) is 26.1 Å². The number of amides is 1. The number of piperidine rings is 1. The van der Waals surface area contributed by atoms with Gasteiger partial charge in [-0.15, -0.1) is 0 Å². The molecule has 1 aromatic heterocycles. The first-order valence-corrected chi connectivity index (χ1v) is 6.61. The van der Waals surface area contributed by atoms with Crippen molar-refractivity contribution in [1.82, 2.24) is 10.2 Å². The first kappa shape index (κ1) is 13.1. The van der Waals surface area contributed by atoms with Crippen LogP contribution in [0.4, 0.5) is 0 Å². The third kappa shape index (κ3) is 2.93. The third-order valence-corrected chi connectivity index (χ3v) is 3.60. The summed E-state index contributed by atoms with van der Waals surface area (Å²) in [6.07, 6.45) is 2.28. The Kier molecular flexibility index (Phi) is 4.07. The summed E-state index contributed by atoms with van der Waals surface area (Å²) in [5.41, 5.74) is 0. The van der Waals surface area contributed by atoms with Gasteiger partial charge in [0, 0.05) is 7.05 Å². The smallest absolute Gasteiger partial charge is 0.240 e. The van der Waals surface area contributed by atoms with Gasteiger partial charge in [-0.3, -0.25) is 4.79 Å². The molecule has 1 aliphatic heterocycles. The molecule has 2 heterocycles. The summed E-state index contributed by atoms with van der Waals surface area (Å²) in [5.74, 6) is 2.30. The number of likely N-dealkylation sites (N-methyl/N-ethyl adjacent to an activating group) is 1. The Morgan fingerprint density at radius 3 is 2.94 bits per heavy atom. The number of carbonyl (C=O) groups is 1. The zero-order valence-electron chi connectivity index (χ0n) is 11.4. The number of furan rings is 1. The van der Waals surface area contributed by atoms with Crippen LogP contribution in [0.25, 0.3) is 0 Å². The van der Waals surface area contributed by atoms with E-state index in [0.29, 0.717) is 12.5 Å². The second-order valence-electron chi connectivity index (χ2n) is 5.26. The monoisotopic (exact) mass is 250 g/mol. The molecular formula is C14H22N2O2. The minimum Gasteiger partial charge on any atom is -0.464 e. The standard InChI is InChI=1S/C14H22N2O2/c1-10-5-4-8-15-13(10)14(17)16(3)9-12-7-6-11(2)18-12/h6-7,10,13,15H,4-5,8-9H2,1-3H3. The van der Waals surface area contributed by atoms with Crippen molar-refractivity contribution < 1.29 is 9.21 Å². The van der Waals surface area contributed by atoms with Crippen LogP contribution in [0.2, 0.25) is 0 Å². The fraction of sp³-hybridized carbons (Fsp3) is 0.643. The Balaban J connectivity index is 1.95. The summed E-state index contributed by atoms with van der Waals surface area (Å²) in [4.78, 5) is 14.1. The first-order chi connectivity index (χ1) is 8.58. The Morgan fingerprint density at radius 1 is 1.56 bits per heavy atom. The Bertz CT molecular complexity index is 414. The van der Waals surface area contributed by atoms with Gasteiger partial charge in [-0.2, -0.15) is 0 Å². The molecule has 4 nitrogen and oxygen atoms in total. The average Bonchev–Trinajstić information content (AvgIpc) is 2.74. The van der Waals surface area contributed by atoms with Gasteiger partial charge in [0.2, 0.25) is 5.91 Å². The summed E-state index contributed by atoms with van der Waals surface area (Å²) in [6.45, 7) is 5.53. The van der Waals surface area contributed by atoms with Crippen LogP contribution in [0.1, 0.15) is 31.3 Å². The molecule has 1 fully saturated rings. The molecule has 0 aliphatic carbocycles. The van der Waals surface area contributed by atoms with Gasteiger partial charge in [-0.1, -0.05) is 6.92 Å². The zero-order chi connectivity index (χ0) is 13.1. The van der Waals surface area contributed by atoms with Crippen molar-refractivity contribution in [3.63, 3.8) is 0 Å². The molecular weight excluding hydrogens is 228 g/mol. The van der Waals surface area contributed by atoms with Gasteiger partial charge in [-0.05, 0) is 44.4 Å². The van der Waals surface area contributed by atoms with Crippen molar-refractivity contribution in [1.29, 1.82) is 0 Å². The molecule has 100 valence electrons. The fourth-order valence-corrected chi connectivity index (χ4v) is 2.50.